The van der Waals surface area contributed by atoms with Crippen LogP contribution in [0.25, 0.3) is 0 Å². The van der Waals surface area contributed by atoms with Crippen molar-refractivity contribution in [3.63, 3.8) is 0 Å². The number of methoxy groups -OCH3 is 1. The Kier molecular flexibility index (Phi) is 5.17. The topological polar surface area (TPSA) is 41.5 Å². The molecule has 0 spiro atoms. The molecule has 0 aliphatic rings. The lowest BCUT2D eigenvalue weighted by atomic mass is 10.1. The van der Waals surface area contributed by atoms with Crippen LogP contribution in [0, 0.1) is 13.8 Å². The van der Waals surface area contributed by atoms with Gasteiger partial charge in [0.1, 0.15) is 5.75 Å². The highest BCUT2D eigenvalue weighted by molar-refractivity contribution is 7.12. The molecular weight excluding hydrogens is 270 g/mol. The van der Waals surface area contributed by atoms with Crippen molar-refractivity contribution in [2.75, 3.05) is 13.7 Å². The first-order valence-corrected chi connectivity index (χ1v) is 7.50. The highest BCUT2D eigenvalue weighted by Crippen LogP contribution is 2.21. The van der Waals surface area contributed by atoms with Crippen molar-refractivity contribution in [1.29, 1.82) is 0 Å². The Morgan fingerprint density at radius 3 is 2.75 bits per heavy atom. The van der Waals surface area contributed by atoms with E-state index in [-0.39, 0.29) is 0 Å². The third-order valence-corrected chi connectivity index (χ3v) is 4.49. The average molecular weight is 291 g/mol. The summed E-state index contributed by atoms with van der Waals surface area (Å²) >= 11 is 1.80. The number of hydrogen-bond acceptors (Lipinski definition) is 4. The summed E-state index contributed by atoms with van der Waals surface area (Å²) in [6, 6.07) is 9.75. The molecule has 0 saturated heterocycles. The molecule has 1 aromatic heterocycles. The number of ether oxygens (including phenoxy) is 1. The molecule has 2 rings (SSSR count). The summed E-state index contributed by atoms with van der Waals surface area (Å²) in [4.78, 5) is 2.66. The van der Waals surface area contributed by atoms with Crippen molar-refractivity contribution in [2.24, 2.45) is 0 Å². The average Bonchev–Trinajstić information content (AvgIpc) is 2.77. The quantitative estimate of drug-likeness (QED) is 0.859. The summed E-state index contributed by atoms with van der Waals surface area (Å²) in [6.07, 6.45) is -0.521. The largest absolute Gasteiger partial charge is 0.497 e. The Balaban J connectivity index is 1.86. The van der Waals surface area contributed by atoms with Gasteiger partial charge in [-0.3, -0.25) is 0 Å². The zero-order chi connectivity index (χ0) is 14.5. The number of nitrogens with one attached hydrogen (secondary N) is 1. The molecule has 4 heteroatoms. The van der Waals surface area contributed by atoms with Gasteiger partial charge in [0, 0.05) is 22.8 Å². The molecule has 0 bridgehead atoms. The van der Waals surface area contributed by atoms with E-state index in [1.807, 2.05) is 24.3 Å². The van der Waals surface area contributed by atoms with Gasteiger partial charge in [0.15, 0.2) is 0 Å². The fourth-order valence-electron chi connectivity index (χ4n) is 2.04. The Hall–Kier alpha value is -1.36. The van der Waals surface area contributed by atoms with Crippen molar-refractivity contribution < 1.29 is 9.84 Å². The van der Waals surface area contributed by atoms with Crippen LogP contribution >= 0.6 is 11.3 Å². The molecule has 0 amide bonds. The smallest absolute Gasteiger partial charge is 0.119 e. The van der Waals surface area contributed by atoms with E-state index in [1.165, 1.54) is 15.3 Å². The predicted octanol–water partition coefficient (Wildman–Crippen LogP) is 3.20. The second-order valence-corrected chi connectivity index (χ2v) is 6.22. The fraction of sp³-hybridized carbons (Fsp3) is 0.375. The van der Waals surface area contributed by atoms with Gasteiger partial charge in [0.25, 0.3) is 0 Å². The first-order chi connectivity index (χ1) is 9.60. The van der Waals surface area contributed by atoms with Crippen molar-refractivity contribution in [3.05, 3.63) is 51.2 Å². The molecule has 0 radical (unpaired) electrons. The number of aliphatic hydroxyl groups is 1. The number of hydrogen-bond donors (Lipinski definition) is 2. The molecule has 0 saturated carbocycles. The minimum absolute atomic E-state index is 0.521. The normalized spacial score (nSPS) is 12.4. The van der Waals surface area contributed by atoms with E-state index in [4.69, 9.17) is 4.74 Å². The van der Waals surface area contributed by atoms with Gasteiger partial charge in [-0.15, -0.1) is 11.3 Å². The van der Waals surface area contributed by atoms with Crippen LogP contribution in [0.4, 0.5) is 0 Å². The molecule has 1 aromatic carbocycles. The van der Waals surface area contributed by atoms with Gasteiger partial charge in [-0.1, -0.05) is 12.1 Å². The van der Waals surface area contributed by atoms with E-state index < -0.39 is 6.10 Å². The predicted molar refractivity (Wildman–Crippen MR) is 83.5 cm³/mol. The van der Waals surface area contributed by atoms with Crippen molar-refractivity contribution >= 4 is 11.3 Å². The molecule has 1 atom stereocenters. The molecule has 1 unspecified atom stereocenters. The van der Waals surface area contributed by atoms with E-state index in [9.17, 15) is 5.11 Å². The first-order valence-electron chi connectivity index (χ1n) is 6.69. The van der Waals surface area contributed by atoms with Gasteiger partial charge in [0.2, 0.25) is 0 Å². The van der Waals surface area contributed by atoms with E-state index in [2.05, 4.69) is 25.2 Å². The highest BCUT2D eigenvalue weighted by atomic mass is 32.1. The van der Waals surface area contributed by atoms with Crippen LogP contribution < -0.4 is 10.1 Å². The number of rotatable bonds is 6. The summed E-state index contributed by atoms with van der Waals surface area (Å²) in [5, 5.41) is 13.5. The Morgan fingerprint density at radius 1 is 1.30 bits per heavy atom. The summed E-state index contributed by atoms with van der Waals surface area (Å²) < 4.78 is 5.16. The van der Waals surface area contributed by atoms with Gasteiger partial charge < -0.3 is 15.2 Å². The van der Waals surface area contributed by atoms with Crippen LogP contribution in [0.1, 0.15) is 27.0 Å². The minimum atomic E-state index is -0.521. The number of aliphatic hydroxyl groups excluding tert-OH is 1. The zero-order valence-corrected chi connectivity index (χ0v) is 13.0. The monoisotopic (exact) mass is 291 g/mol. The van der Waals surface area contributed by atoms with Gasteiger partial charge >= 0.3 is 0 Å². The Labute approximate surface area is 124 Å². The molecule has 0 aliphatic heterocycles. The molecule has 0 fully saturated rings. The van der Waals surface area contributed by atoms with Crippen LogP contribution in [0.3, 0.4) is 0 Å². The van der Waals surface area contributed by atoms with Crippen LogP contribution in [-0.4, -0.2) is 18.8 Å². The van der Waals surface area contributed by atoms with Crippen LogP contribution in [-0.2, 0) is 6.54 Å². The number of thiophene rings is 1. The SMILES string of the molecule is COc1cccc(C(O)CNCc2cc(C)c(C)s2)c1. The molecule has 2 N–H and O–H groups in total. The lowest BCUT2D eigenvalue weighted by Crippen LogP contribution is -2.20. The van der Waals surface area contributed by atoms with E-state index in [1.54, 1.807) is 18.4 Å². The van der Waals surface area contributed by atoms with Crippen LogP contribution in [0.15, 0.2) is 30.3 Å². The van der Waals surface area contributed by atoms with Crippen molar-refractivity contribution in [2.45, 2.75) is 26.5 Å². The second kappa shape index (κ2) is 6.88. The van der Waals surface area contributed by atoms with E-state index in [0.29, 0.717) is 6.54 Å². The van der Waals surface area contributed by atoms with Gasteiger partial charge in [0.05, 0.1) is 13.2 Å². The van der Waals surface area contributed by atoms with E-state index >= 15 is 0 Å². The number of aryl methyl sites for hydroxylation is 2. The zero-order valence-electron chi connectivity index (χ0n) is 12.1. The van der Waals surface area contributed by atoms with Crippen molar-refractivity contribution in [3.8, 4) is 5.75 Å². The molecular formula is C16H21NO2S. The standard InChI is InChI=1S/C16H21NO2S/c1-11-7-15(20-12(11)2)9-17-10-16(18)13-5-4-6-14(8-13)19-3/h4-8,16-18H,9-10H2,1-3H3. The summed E-state index contributed by atoms with van der Waals surface area (Å²) in [7, 11) is 1.63. The third kappa shape index (κ3) is 3.82. The Bertz CT molecular complexity index is 546. The van der Waals surface area contributed by atoms with Gasteiger partial charge in [-0.05, 0) is 43.2 Å². The van der Waals surface area contributed by atoms with Gasteiger partial charge in [-0.2, -0.15) is 0 Å². The molecule has 3 nitrogen and oxygen atoms in total. The second-order valence-electron chi connectivity index (χ2n) is 4.88. The summed E-state index contributed by atoms with van der Waals surface area (Å²) in [5.41, 5.74) is 2.20. The van der Waals surface area contributed by atoms with E-state index in [0.717, 1.165) is 17.9 Å². The van der Waals surface area contributed by atoms with Crippen LogP contribution in [0.5, 0.6) is 5.75 Å². The van der Waals surface area contributed by atoms with Crippen molar-refractivity contribution in [1.82, 2.24) is 5.32 Å². The highest BCUT2D eigenvalue weighted by Gasteiger charge is 2.08. The minimum Gasteiger partial charge on any atom is -0.497 e. The first kappa shape index (κ1) is 15.0. The maximum atomic E-state index is 10.2. The third-order valence-electron chi connectivity index (χ3n) is 3.33. The lowest BCUT2D eigenvalue weighted by molar-refractivity contribution is 0.174. The lowest BCUT2D eigenvalue weighted by Gasteiger charge is -2.12. The summed E-state index contributed by atoms with van der Waals surface area (Å²) in [5.74, 6) is 0.769. The molecule has 0 aliphatic carbocycles. The maximum absolute atomic E-state index is 10.2. The molecule has 20 heavy (non-hydrogen) atoms. The molecule has 2 aromatic rings. The molecule has 108 valence electrons. The summed E-state index contributed by atoms with van der Waals surface area (Å²) in [6.45, 7) is 5.58. The number of benzene rings is 1. The fourth-order valence-corrected chi connectivity index (χ4v) is 3.06. The van der Waals surface area contributed by atoms with Gasteiger partial charge in [-0.25, -0.2) is 0 Å². The maximum Gasteiger partial charge on any atom is 0.119 e. The van der Waals surface area contributed by atoms with Crippen LogP contribution in [0.2, 0.25) is 0 Å². The Morgan fingerprint density at radius 2 is 2.10 bits per heavy atom. The molecule has 1 heterocycles.